The van der Waals surface area contributed by atoms with E-state index in [1.807, 2.05) is 0 Å². The van der Waals surface area contributed by atoms with Crippen molar-refractivity contribution in [1.29, 1.82) is 0 Å². The van der Waals surface area contributed by atoms with Crippen molar-refractivity contribution < 1.29 is 22.7 Å². The van der Waals surface area contributed by atoms with E-state index in [4.69, 9.17) is 14.9 Å². The molecule has 7 heteroatoms. The second kappa shape index (κ2) is 5.05. The Labute approximate surface area is 107 Å². The molecule has 2 aromatic rings. The molecule has 0 fully saturated rings. The van der Waals surface area contributed by atoms with E-state index < -0.39 is 17.6 Å². The summed E-state index contributed by atoms with van der Waals surface area (Å²) in [5.74, 6) is -2.77. The van der Waals surface area contributed by atoms with E-state index in [0.717, 1.165) is 18.2 Å². The molecule has 0 saturated heterocycles. The highest BCUT2D eigenvalue weighted by atomic mass is 19.1. The van der Waals surface area contributed by atoms with Gasteiger partial charge in [-0.25, -0.2) is 13.6 Å². The Morgan fingerprint density at radius 3 is 2.89 bits per heavy atom. The second-order valence-corrected chi connectivity index (χ2v) is 3.58. The van der Waals surface area contributed by atoms with E-state index in [9.17, 15) is 13.6 Å². The lowest BCUT2D eigenvalue weighted by molar-refractivity contribution is 0.0521. The number of oxazole rings is 1. The maximum absolute atomic E-state index is 13.5. The van der Waals surface area contributed by atoms with Gasteiger partial charge in [0, 0.05) is 0 Å². The highest BCUT2D eigenvalue weighted by molar-refractivity contribution is 5.92. The highest BCUT2D eigenvalue weighted by Crippen LogP contribution is 2.27. The Morgan fingerprint density at radius 1 is 1.47 bits per heavy atom. The minimum absolute atomic E-state index is 0.134. The van der Waals surface area contributed by atoms with Gasteiger partial charge >= 0.3 is 5.97 Å². The number of carbonyl (C=O) groups excluding carboxylic acids is 1. The van der Waals surface area contributed by atoms with Crippen LogP contribution in [0.5, 0.6) is 0 Å². The summed E-state index contributed by atoms with van der Waals surface area (Å²) >= 11 is 0. The summed E-state index contributed by atoms with van der Waals surface area (Å²) in [5.41, 5.74) is 4.97. The predicted octanol–water partition coefficient (Wildman–Crippen LogP) is 2.38. The SMILES string of the molecule is CCOC(=O)c1nc(-c2cc(F)ccc2F)oc1N. The zero-order valence-corrected chi connectivity index (χ0v) is 9.94. The van der Waals surface area contributed by atoms with Gasteiger partial charge in [0.2, 0.25) is 17.5 Å². The van der Waals surface area contributed by atoms with Crippen molar-refractivity contribution in [1.82, 2.24) is 4.98 Å². The Kier molecular flexibility index (Phi) is 3.46. The van der Waals surface area contributed by atoms with E-state index in [0.29, 0.717) is 0 Å². The number of nitrogen functional groups attached to an aromatic ring is 1. The first-order valence-electron chi connectivity index (χ1n) is 5.41. The molecule has 0 aliphatic heterocycles. The van der Waals surface area contributed by atoms with Gasteiger partial charge in [0.15, 0.2) is 0 Å². The number of hydrogen-bond acceptors (Lipinski definition) is 5. The van der Waals surface area contributed by atoms with Gasteiger partial charge in [-0.15, -0.1) is 0 Å². The van der Waals surface area contributed by atoms with Crippen LogP contribution in [-0.2, 0) is 4.74 Å². The minimum atomic E-state index is -0.785. The summed E-state index contributed by atoms with van der Waals surface area (Å²) < 4.78 is 36.2. The van der Waals surface area contributed by atoms with Gasteiger partial charge in [-0.05, 0) is 25.1 Å². The first-order chi connectivity index (χ1) is 9.02. The molecule has 0 amide bonds. The average molecular weight is 268 g/mol. The third-order valence-corrected chi connectivity index (χ3v) is 2.28. The molecule has 0 atom stereocenters. The van der Waals surface area contributed by atoms with Crippen LogP contribution in [0.2, 0.25) is 0 Å². The van der Waals surface area contributed by atoms with Crippen LogP contribution in [0.3, 0.4) is 0 Å². The molecule has 5 nitrogen and oxygen atoms in total. The summed E-state index contributed by atoms with van der Waals surface area (Å²) in [5, 5.41) is 0. The Balaban J connectivity index is 2.44. The Morgan fingerprint density at radius 2 is 2.21 bits per heavy atom. The van der Waals surface area contributed by atoms with Gasteiger partial charge in [0.1, 0.15) is 11.6 Å². The molecule has 0 saturated carbocycles. The maximum Gasteiger partial charge on any atom is 0.362 e. The van der Waals surface area contributed by atoms with Crippen LogP contribution in [0.25, 0.3) is 11.5 Å². The van der Waals surface area contributed by atoms with E-state index in [1.165, 1.54) is 0 Å². The van der Waals surface area contributed by atoms with E-state index in [-0.39, 0.29) is 29.6 Å². The van der Waals surface area contributed by atoms with E-state index in [2.05, 4.69) is 4.98 Å². The molecule has 2 N–H and O–H groups in total. The fraction of sp³-hybridized carbons (Fsp3) is 0.167. The average Bonchev–Trinajstić information content (AvgIpc) is 2.74. The zero-order chi connectivity index (χ0) is 14.0. The van der Waals surface area contributed by atoms with Crippen LogP contribution in [0.4, 0.5) is 14.7 Å². The van der Waals surface area contributed by atoms with E-state index >= 15 is 0 Å². The monoisotopic (exact) mass is 268 g/mol. The van der Waals surface area contributed by atoms with Crippen LogP contribution in [0.1, 0.15) is 17.4 Å². The summed E-state index contributed by atoms with van der Waals surface area (Å²) in [6.07, 6.45) is 0. The topological polar surface area (TPSA) is 78.3 Å². The smallest absolute Gasteiger partial charge is 0.362 e. The van der Waals surface area contributed by atoms with Crippen molar-refractivity contribution in [2.24, 2.45) is 0 Å². The molecule has 0 aliphatic carbocycles. The minimum Gasteiger partial charge on any atom is -0.461 e. The largest absolute Gasteiger partial charge is 0.461 e. The normalized spacial score (nSPS) is 10.5. The van der Waals surface area contributed by atoms with Gasteiger partial charge in [-0.2, -0.15) is 4.98 Å². The van der Waals surface area contributed by atoms with Crippen LogP contribution < -0.4 is 5.73 Å². The maximum atomic E-state index is 13.5. The molecule has 0 radical (unpaired) electrons. The first kappa shape index (κ1) is 13.0. The van der Waals surface area contributed by atoms with Crippen LogP contribution in [0, 0.1) is 11.6 Å². The standard InChI is InChI=1S/C12H10F2N2O3/c1-2-18-12(17)9-10(15)19-11(16-9)7-5-6(13)3-4-8(7)14/h3-5H,2,15H2,1H3. The van der Waals surface area contributed by atoms with Crippen LogP contribution in [0.15, 0.2) is 22.6 Å². The third-order valence-electron chi connectivity index (χ3n) is 2.28. The van der Waals surface area contributed by atoms with Gasteiger partial charge in [0.25, 0.3) is 0 Å². The lowest BCUT2D eigenvalue weighted by atomic mass is 10.2. The predicted molar refractivity (Wildman–Crippen MR) is 62.2 cm³/mol. The van der Waals surface area contributed by atoms with E-state index in [1.54, 1.807) is 6.92 Å². The van der Waals surface area contributed by atoms with Crippen molar-refractivity contribution in [3.63, 3.8) is 0 Å². The number of ether oxygens (including phenoxy) is 1. The van der Waals surface area contributed by atoms with Crippen LogP contribution in [-0.4, -0.2) is 17.6 Å². The van der Waals surface area contributed by atoms with Crippen molar-refractivity contribution >= 4 is 11.9 Å². The molecule has 2 rings (SSSR count). The fourth-order valence-corrected chi connectivity index (χ4v) is 1.45. The molecule has 1 aromatic heterocycles. The Hall–Kier alpha value is -2.44. The number of hydrogen-bond donors (Lipinski definition) is 1. The summed E-state index contributed by atoms with van der Waals surface area (Å²) in [7, 11) is 0. The number of aromatic nitrogens is 1. The van der Waals surface area contributed by atoms with Gasteiger partial charge in [-0.1, -0.05) is 0 Å². The van der Waals surface area contributed by atoms with Gasteiger partial charge in [-0.3, -0.25) is 0 Å². The zero-order valence-electron chi connectivity index (χ0n) is 9.94. The molecule has 1 aromatic carbocycles. The number of anilines is 1. The van der Waals surface area contributed by atoms with Crippen molar-refractivity contribution in [3.8, 4) is 11.5 Å². The summed E-state index contributed by atoms with van der Waals surface area (Å²) in [6, 6.07) is 2.78. The molecule has 1 heterocycles. The first-order valence-corrected chi connectivity index (χ1v) is 5.41. The lowest BCUT2D eigenvalue weighted by Crippen LogP contribution is -2.07. The molecule has 0 unspecified atom stereocenters. The molecular formula is C12H10F2N2O3. The van der Waals surface area contributed by atoms with Crippen LogP contribution >= 0.6 is 0 Å². The number of nitrogens with zero attached hydrogens (tertiary/aromatic N) is 1. The molecule has 0 spiro atoms. The lowest BCUT2D eigenvalue weighted by Gasteiger charge is -1.97. The Bertz CT molecular complexity index is 625. The second-order valence-electron chi connectivity index (χ2n) is 3.58. The number of nitrogens with two attached hydrogens (primary N) is 1. The number of benzene rings is 1. The number of esters is 1. The number of carbonyl (C=O) groups is 1. The van der Waals surface area contributed by atoms with Crippen molar-refractivity contribution in [2.45, 2.75) is 6.92 Å². The summed E-state index contributed by atoms with van der Waals surface area (Å²) in [4.78, 5) is 15.2. The quantitative estimate of drug-likeness (QED) is 0.864. The molecule has 100 valence electrons. The fourth-order valence-electron chi connectivity index (χ4n) is 1.45. The number of rotatable bonds is 3. The third kappa shape index (κ3) is 2.54. The molecule has 19 heavy (non-hydrogen) atoms. The van der Waals surface area contributed by atoms with Crippen molar-refractivity contribution in [2.75, 3.05) is 12.3 Å². The molecule has 0 aliphatic rings. The number of halogens is 2. The van der Waals surface area contributed by atoms with Gasteiger partial charge < -0.3 is 14.9 Å². The van der Waals surface area contributed by atoms with Crippen molar-refractivity contribution in [3.05, 3.63) is 35.5 Å². The summed E-state index contributed by atoms with van der Waals surface area (Å²) in [6.45, 7) is 1.75. The molecule has 0 bridgehead atoms. The molecular weight excluding hydrogens is 258 g/mol. The van der Waals surface area contributed by atoms with Gasteiger partial charge in [0.05, 0.1) is 12.2 Å². The highest BCUT2D eigenvalue weighted by Gasteiger charge is 2.21.